The highest BCUT2D eigenvalue weighted by Crippen LogP contribution is 2.41. The van der Waals surface area contributed by atoms with Crippen LogP contribution in [0.15, 0.2) is 72.8 Å². The average molecular weight is 531 g/mol. The minimum absolute atomic E-state index is 0.0331. The van der Waals surface area contributed by atoms with E-state index in [0.29, 0.717) is 24.2 Å². The van der Waals surface area contributed by atoms with Crippen LogP contribution in [0.2, 0.25) is 0 Å². The van der Waals surface area contributed by atoms with Gasteiger partial charge in [0.25, 0.3) is 11.8 Å². The molecule has 1 saturated heterocycles. The molecule has 0 aliphatic carbocycles. The number of piperazine rings is 1. The molecule has 2 atom stereocenters. The lowest BCUT2D eigenvalue weighted by Gasteiger charge is -2.36. The number of hydrogen-bond acceptors (Lipinski definition) is 3. The Kier molecular flexibility index (Phi) is 6.64. The molecule has 6 rings (SSSR count). The number of amides is 2. The van der Waals surface area contributed by atoms with Gasteiger partial charge in [-0.05, 0) is 73.7 Å². The summed E-state index contributed by atoms with van der Waals surface area (Å²) in [5.41, 5.74) is 9.69. The Morgan fingerprint density at radius 1 is 0.875 bits per heavy atom. The van der Waals surface area contributed by atoms with Crippen LogP contribution >= 0.6 is 0 Å². The van der Waals surface area contributed by atoms with Crippen LogP contribution in [0.5, 0.6) is 0 Å². The first-order valence-electron chi connectivity index (χ1n) is 13.9. The van der Waals surface area contributed by atoms with E-state index in [1.165, 1.54) is 0 Å². The smallest absolute Gasteiger partial charge is 0.256 e. The van der Waals surface area contributed by atoms with Gasteiger partial charge in [0.15, 0.2) is 0 Å². The van der Waals surface area contributed by atoms with Crippen molar-refractivity contribution >= 4 is 29.2 Å². The first-order valence-corrected chi connectivity index (χ1v) is 13.9. The molecular weight excluding hydrogens is 496 g/mol. The number of rotatable bonds is 4. The maximum Gasteiger partial charge on any atom is 0.256 e. The number of fused-ring (bicyclic) bond motifs is 1. The minimum Gasteiger partial charge on any atom is -0.358 e. The zero-order chi connectivity index (χ0) is 28.0. The number of hydrogen-bond donors (Lipinski definition) is 3. The number of aryl methyl sites for hydroxylation is 1. The molecule has 0 radical (unpaired) electrons. The molecule has 2 aliphatic heterocycles. The van der Waals surface area contributed by atoms with Crippen molar-refractivity contribution in [3.05, 3.63) is 101 Å². The quantitative estimate of drug-likeness (QED) is 0.272. The van der Waals surface area contributed by atoms with E-state index in [-0.39, 0.29) is 23.9 Å². The SMILES string of the molecule is Cc1[nH]c(/C=C2\C(=O)Nc3cccc(-c4cccc(-c5ccccc5)c4)c32)c(C)c1C(=O)N1C[C@@H](C)N[C@@H](C)C1. The Hall–Kier alpha value is -4.42. The largest absolute Gasteiger partial charge is 0.358 e. The highest BCUT2D eigenvalue weighted by atomic mass is 16.2. The molecule has 6 nitrogen and oxygen atoms in total. The third-order valence-electron chi connectivity index (χ3n) is 7.93. The topological polar surface area (TPSA) is 77.2 Å². The van der Waals surface area contributed by atoms with Gasteiger partial charge in [-0.25, -0.2) is 0 Å². The Morgan fingerprint density at radius 3 is 2.30 bits per heavy atom. The van der Waals surface area contributed by atoms with Crippen molar-refractivity contribution in [1.82, 2.24) is 15.2 Å². The van der Waals surface area contributed by atoms with Gasteiger partial charge in [0.2, 0.25) is 0 Å². The van der Waals surface area contributed by atoms with Gasteiger partial charge >= 0.3 is 0 Å². The molecule has 202 valence electrons. The van der Waals surface area contributed by atoms with Gasteiger partial charge in [-0.2, -0.15) is 0 Å². The van der Waals surface area contributed by atoms with Gasteiger partial charge in [-0.1, -0.05) is 60.7 Å². The summed E-state index contributed by atoms with van der Waals surface area (Å²) >= 11 is 0. The van der Waals surface area contributed by atoms with Crippen LogP contribution in [0.1, 0.15) is 46.7 Å². The minimum atomic E-state index is -0.147. The van der Waals surface area contributed by atoms with Crippen LogP contribution < -0.4 is 10.6 Å². The Labute approximate surface area is 235 Å². The molecule has 2 amide bonds. The molecule has 0 spiro atoms. The Bertz CT molecular complexity index is 1640. The van der Waals surface area contributed by atoms with E-state index in [0.717, 1.165) is 50.5 Å². The molecule has 1 aromatic heterocycles. The van der Waals surface area contributed by atoms with Gasteiger partial charge in [0.1, 0.15) is 0 Å². The van der Waals surface area contributed by atoms with Gasteiger partial charge in [-0.15, -0.1) is 0 Å². The molecule has 6 heteroatoms. The molecule has 0 saturated carbocycles. The maximum absolute atomic E-state index is 13.6. The lowest BCUT2D eigenvalue weighted by atomic mass is 9.92. The Balaban J connectivity index is 1.40. The van der Waals surface area contributed by atoms with Crippen molar-refractivity contribution in [3.8, 4) is 22.3 Å². The van der Waals surface area contributed by atoms with Gasteiger partial charge in [0.05, 0.1) is 11.1 Å². The second-order valence-electron chi connectivity index (χ2n) is 11.0. The monoisotopic (exact) mass is 530 g/mol. The first-order chi connectivity index (χ1) is 19.3. The number of H-pyrrole nitrogens is 1. The molecule has 3 heterocycles. The number of aromatic amines is 1. The van der Waals surface area contributed by atoms with Gasteiger partial charge in [0, 0.05) is 47.8 Å². The highest BCUT2D eigenvalue weighted by Gasteiger charge is 2.31. The molecule has 2 aliphatic rings. The molecule has 0 unspecified atom stereocenters. The van der Waals surface area contributed by atoms with E-state index in [1.54, 1.807) is 0 Å². The summed E-state index contributed by atoms with van der Waals surface area (Å²) in [6.45, 7) is 9.44. The molecule has 3 aromatic carbocycles. The number of carbonyl (C=O) groups is 2. The standard InChI is InChI=1S/C34H34N4O2/c1-20-18-38(19-21(2)35-20)34(40)31-22(3)30(36-23(31)4)17-28-32-27(14-9-15-29(32)37-33(28)39)26-13-8-12-25(16-26)24-10-6-5-7-11-24/h5-17,20-21,35-36H,18-19H2,1-4H3,(H,37,39)/b28-17-/t20-,21+. The van der Waals surface area contributed by atoms with E-state index >= 15 is 0 Å². The molecule has 4 aromatic rings. The van der Waals surface area contributed by atoms with Gasteiger partial charge in [-0.3, -0.25) is 9.59 Å². The number of nitrogens with one attached hydrogen (secondary N) is 3. The van der Waals surface area contributed by atoms with Crippen LogP contribution in [-0.2, 0) is 4.79 Å². The van der Waals surface area contributed by atoms with Gasteiger partial charge < -0.3 is 20.5 Å². The summed E-state index contributed by atoms with van der Waals surface area (Å²) < 4.78 is 0. The van der Waals surface area contributed by atoms with Crippen molar-refractivity contribution in [2.45, 2.75) is 39.8 Å². The highest BCUT2D eigenvalue weighted by molar-refractivity contribution is 6.36. The molecular formula is C34H34N4O2. The lowest BCUT2D eigenvalue weighted by Crippen LogP contribution is -2.55. The van der Waals surface area contributed by atoms with Crippen LogP contribution in [0.3, 0.4) is 0 Å². The number of carbonyl (C=O) groups excluding carboxylic acids is 2. The normalized spacial score (nSPS) is 19.6. The van der Waals surface area contributed by atoms with Crippen LogP contribution in [0.4, 0.5) is 5.69 Å². The fourth-order valence-electron chi connectivity index (χ4n) is 6.16. The van der Waals surface area contributed by atoms with E-state index in [4.69, 9.17) is 0 Å². The fraction of sp³-hybridized carbons (Fsp3) is 0.235. The summed E-state index contributed by atoms with van der Waals surface area (Å²) in [6.07, 6.45) is 1.90. The van der Waals surface area contributed by atoms with E-state index in [1.807, 2.05) is 55.2 Å². The number of nitrogens with zero attached hydrogens (tertiary/aromatic N) is 1. The summed E-state index contributed by atoms with van der Waals surface area (Å²) in [5.74, 6) is -0.114. The predicted molar refractivity (Wildman–Crippen MR) is 162 cm³/mol. The van der Waals surface area contributed by atoms with Crippen LogP contribution in [0, 0.1) is 13.8 Å². The molecule has 1 fully saturated rings. The van der Waals surface area contributed by atoms with E-state index in [9.17, 15) is 9.59 Å². The third kappa shape index (κ3) is 4.65. The number of aromatic nitrogens is 1. The summed E-state index contributed by atoms with van der Waals surface area (Å²) in [5, 5.41) is 6.53. The van der Waals surface area contributed by atoms with Crippen molar-refractivity contribution in [3.63, 3.8) is 0 Å². The fourth-order valence-corrected chi connectivity index (χ4v) is 6.16. The zero-order valence-corrected chi connectivity index (χ0v) is 23.3. The zero-order valence-electron chi connectivity index (χ0n) is 23.3. The summed E-state index contributed by atoms with van der Waals surface area (Å²) in [7, 11) is 0. The average Bonchev–Trinajstić information content (AvgIpc) is 3.42. The van der Waals surface area contributed by atoms with Crippen molar-refractivity contribution in [2.24, 2.45) is 0 Å². The summed E-state index contributed by atoms with van der Waals surface area (Å²) in [6, 6.07) is 25.2. The number of benzene rings is 3. The summed E-state index contributed by atoms with van der Waals surface area (Å²) in [4.78, 5) is 32.2. The van der Waals surface area contributed by atoms with E-state index < -0.39 is 0 Å². The second kappa shape index (κ2) is 10.3. The predicted octanol–water partition coefficient (Wildman–Crippen LogP) is 6.28. The third-order valence-corrected chi connectivity index (χ3v) is 7.93. The van der Waals surface area contributed by atoms with Crippen LogP contribution in [-0.4, -0.2) is 46.9 Å². The number of anilines is 1. The lowest BCUT2D eigenvalue weighted by molar-refractivity contribution is -0.110. The molecule has 3 N–H and O–H groups in total. The van der Waals surface area contributed by atoms with E-state index in [2.05, 4.69) is 71.9 Å². The van der Waals surface area contributed by atoms with Crippen molar-refractivity contribution in [1.29, 1.82) is 0 Å². The first kappa shape index (κ1) is 25.8. The van der Waals surface area contributed by atoms with Crippen molar-refractivity contribution in [2.75, 3.05) is 18.4 Å². The second-order valence-corrected chi connectivity index (χ2v) is 11.0. The molecule has 0 bridgehead atoms. The Morgan fingerprint density at radius 2 is 1.55 bits per heavy atom. The van der Waals surface area contributed by atoms with Crippen molar-refractivity contribution < 1.29 is 9.59 Å². The molecule has 40 heavy (non-hydrogen) atoms. The maximum atomic E-state index is 13.6. The van der Waals surface area contributed by atoms with Crippen LogP contribution in [0.25, 0.3) is 33.9 Å².